The Morgan fingerprint density at radius 3 is 2.66 bits per heavy atom. The topological polar surface area (TPSA) is 82.1 Å². The molecule has 2 aromatic rings. The van der Waals surface area contributed by atoms with Crippen molar-refractivity contribution in [2.75, 3.05) is 45.9 Å². The minimum Gasteiger partial charge on any atom is -0.395 e. The van der Waals surface area contributed by atoms with Crippen LogP contribution < -0.4 is 5.32 Å². The molecule has 0 bridgehead atoms. The summed E-state index contributed by atoms with van der Waals surface area (Å²) in [6, 6.07) is 14.3. The minimum atomic E-state index is -0.298. The number of morpholine rings is 1. The summed E-state index contributed by atoms with van der Waals surface area (Å²) >= 11 is 12.1. The van der Waals surface area contributed by atoms with Crippen molar-refractivity contribution in [2.24, 2.45) is 0 Å². The minimum absolute atomic E-state index is 0.0819. The van der Waals surface area contributed by atoms with Gasteiger partial charge < -0.3 is 20.1 Å². The third kappa shape index (κ3) is 7.18. The van der Waals surface area contributed by atoms with Crippen LogP contribution in [0, 0.1) is 0 Å². The number of rotatable bonds is 9. The zero-order chi connectivity index (χ0) is 22.9. The fraction of sp³-hybridized carbons (Fsp3) is 0.391. The Balaban J connectivity index is 1.48. The van der Waals surface area contributed by atoms with Crippen LogP contribution in [0.3, 0.4) is 0 Å². The van der Waals surface area contributed by atoms with Crippen LogP contribution in [0.15, 0.2) is 48.5 Å². The first kappa shape index (κ1) is 24.5. The molecule has 0 radical (unpaired) electrons. The summed E-state index contributed by atoms with van der Waals surface area (Å²) in [7, 11) is 0. The van der Waals surface area contributed by atoms with Gasteiger partial charge in [-0.05, 0) is 29.8 Å². The lowest BCUT2D eigenvalue weighted by Crippen LogP contribution is -2.49. The highest BCUT2D eigenvalue weighted by Crippen LogP contribution is 2.23. The lowest BCUT2D eigenvalue weighted by Gasteiger charge is -2.33. The summed E-state index contributed by atoms with van der Waals surface area (Å²) in [5.41, 5.74) is 1.53. The van der Waals surface area contributed by atoms with Gasteiger partial charge in [0.15, 0.2) is 0 Å². The molecule has 172 valence electrons. The molecular formula is C23H27Cl2N3O4. The van der Waals surface area contributed by atoms with Crippen LogP contribution in [0.5, 0.6) is 0 Å². The smallest absolute Gasteiger partial charge is 0.254 e. The number of ether oxygens (including phenoxy) is 1. The number of aliphatic hydroxyl groups is 1. The van der Waals surface area contributed by atoms with E-state index >= 15 is 0 Å². The third-order valence-electron chi connectivity index (χ3n) is 5.15. The maximum atomic E-state index is 12.6. The first-order chi connectivity index (χ1) is 15.5. The van der Waals surface area contributed by atoms with Crippen molar-refractivity contribution in [3.05, 3.63) is 69.7 Å². The Labute approximate surface area is 197 Å². The van der Waals surface area contributed by atoms with Crippen LogP contribution in [-0.2, 0) is 16.1 Å². The standard InChI is InChI=1S/C23H27Cl2N3O4/c24-20-7-6-17(12-21(20)25)14-27-9-11-32-19(15-27)13-26-22(30)16-28(8-10-29)23(31)18-4-2-1-3-5-18/h1-7,12,19,29H,8-11,13-16H2,(H,26,30). The van der Waals surface area contributed by atoms with Gasteiger partial charge in [0, 0.05) is 38.3 Å². The van der Waals surface area contributed by atoms with E-state index in [9.17, 15) is 14.7 Å². The number of halogens is 2. The van der Waals surface area contributed by atoms with Crippen molar-refractivity contribution in [2.45, 2.75) is 12.6 Å². The van der Waals surface area contributed by atoms with Crippen molar-refractivity contribution in [3.63, 3.8) is 0 Å². The van der Waals surface area contributed by atoms with Crippen LogP contribution in [0.1, 0.15) is 15.9 Å². The molecule has 2 N–H and O–H groups in total. The summed E-state index contributed by atoms with van der Waals surface area (Å²) in [6.45, 7) is 2.77. The van der Waals surface area contributed by atoms with Gasteiger partial charge in [-0.2, -0.15) is 0 Å². The Kier molecular flexibility index (Phi) is 9.32. The van der Waals surface area contributed by atoms with E-state index in [1.807, 2.05) is 18.2 Å². The summed E-state index contributed by atoms with van der Waals surface area (Å²) in [4.78, 5) is 28.7. The lowest BCUT2D eigenvalue weighted by molar-refractivity contribution is -0.123. The maximum absolute atomic E-state index is 12.6. The van der Waals surface area contributed by atoms with Gasteiger partial charge in [-0.25, -0.2) is 0 Å². The summed E-state index contributed by atoms with van der Waals surface area (Å²) < 4.78 is 5.78. The van der Waals surface area contributed by atoms with Gasteiger partial charge in [0.1, 0.15) is 0 Å². The highest BCUT2D eigenvalue weighted by Gasteiger charge is 2.23. The van der Waals surface area contributed by atoms with Gasteiger partial charge in [-0.15, -0.1) is 0 Å². The molecule has 7 nitrogen and oxygen atoms in total. The molecule has 0 saturated carbocycles. The molecular weight excluding hydrogens is 453 g/mol. The predicted octanol–water partition coefficient (Wildman–Crippen LogP) is 2.45. The van der Waals surface area contributed by atoms with Crippen LogP contribution >= 0.6 is 23.2 Å². The van der Waals surface area contributed by atoms with E-state index in [0.29, 0.717) is 41.8 Å². The fourth-order valence-electron chi connectivity index (χ4n) is 3.54. The van der Waals surface area contributed by atoms with Gasteiger partial charge in [0.25, 0.3) is 5.91 Å². The number of amides is 2. The number of aliphatic hydroxyl groups excluding tert-OH is 1. The second-order valence-electron chi connectivity index (χ2n) is 7.60. The van der Waals surface area contributed by atoms with Gasteiger partial charge in [0.05, 0.1) is 35.9 Å². The molecule has 32 heavy (non-hydrogen) atoms. The molecule has 3 rings (SSSR count). The number of hydrogen-bond acceptors (Lipinski definition) is 5. The third-order valence-corrected chi connectivity index (χ3v) is 5.89. The van der Waals surface area contributed by atoms with E-state index in [1.165, 1.54) is 4.90 Å². The number of nitrogens with one attached hydrogen (secondary N) is 1. The molecule has 0 aliphatic carbocycles. The van der Waals surface area contributed by atoms with E-state index in [1.54, 1.807) is 30.3 Å². The van der Waals surface area contributed by atoms with Crippen LogP contribution in [0.2, 0.25) is 10.0 Å². The Hall–Kier alpha value is -2.16. The molecule has 1 atom stereocenters. The molecule has 1 heterocycles. The zero-order valence-corrected chi connectivity index (χ0v) is 19.2. The molecule has 2 amide bonds. The Bertz CT molecular complexity index is 913. The van der Waals surface area contributed by atoms with Crippen molar-refractivity contribution in [3.8, 4) is 0 Å². The van der Waals surface area contributed by atoms with Crippen molar-refractivity contribution >= 4 is 35.0 Å². The molecule has 9 heteroatoms. The van der Waals surface area contributed by atoms with Gasteiger partial charge in [-0.3, -0.25) is 14.5 Å². The van der Waals surface area contributed by atoms with Gasteiger partial charge >= 0.3 is 0 Å². The molecule has 1 aliphatic heterocycles. The zero-order valence-electron chi connectivity index (χ0n) is 17.7. The molecule has 0 aromatic heterocycles. The quantitative estimate of drug-likeness (QED) is 0.577. The molecule has 1 unspecified atom stereocenters. The molecule has 2 aromatic carbocycles. The van der Waals surface area contributed by atoms with Crippen molar-refractivity contribution < 1.29 is 19.4 Å². The van der Waals surface area contributed by atoms with Crippen LogP contribution in [0.4, 0.5) is 0 Å². The number of carbonyl (C=O) groups excluding carboxylic acids is 2. The lowest BCUT2D eigenvalue weighted by atomic mass is 10.2. The number of hydrogen-bond donors (Lipinski definition) is 2. The van der Waals surface area contributed by atoms with E-state index in [2.05, 4.69) is 10.2 Å². The summed E-state index contributed by atoms with van der Waals surface area (Å²) in [5, 5.41) is 13.2. The Morgan fingerprint density at radius 2 is 1.94 bits per heavy atom. The van der Waals surface area contributed by atoms with Crippen molar-refractivity contribution in [1.82, 2.24) is 15.1 Å². The fourth-order valence-corrected chi connectivity index (χ4v) is 3.86. The highest BCUT2D eigenvalue weighted by molar-refractivity contribution is 6.42. The second kappa shape index (κ2) is 12.2. The van der Waals surface area contributed by atoms with E-state index < -0.39 is 0 Å². The number of benzene rings is 2. The molecule has 1 saturated heterocycles. The van der Waals surface area contributed by atoms with E-state index in [-0.39, 0.29) is 37.6 Å². The summed E-state index contributed by atoms with van der Waals surface area (Å²) in [6.07, 6.45) is -0.161. The predicted molar refractivity (Wildman–Crippen MR) is 124 cm³/mol. The van der Waals surface area contributed by atoms with Gasteiger partial charge in [0.2, 0.25) is 5.91 Å². The highest BCUT2D eigenvalue weighted by atomic mass is 35.5. The summed E-state index contributed by atoms with van der Waals surface area (Å²) in [5.74, 6) is -0.593. The average molecular weight is 480 g/mol. The molecule has 1 fully saturated rings. The maximum Gasteiger partial charge on any atom is 0.254 e. The number of carbonyl (C=O) groups is 2. The molecule has 1 aliphatic rings. The largest absolute Gasteiger partial charge is 0.395 e. The van der Waals surface area contributed by atoms with Crippen molar-refractivity contribution in [1.29, 1.82) is 0 Å². The SMILES string of the molecule is O=C(CN(CCO)C(=O)c1ccccc1)NCC1CN(Cc2ccc(Cl)c(Cl)c2)CCO1. The Morgan fingerprint density at radius 1 is 1.16 bits per heavy atom. The first-order valence-corrected chi connectivity index (χ1v) is 11.2. The van der Waals surface area contributed by atoms with Crippen LogP contribution in [0.25, 0.3) is 0 Å². The number of nitrogens with zero attached hydrogens (tertiary/aromatic N) is 2. The first-order valence-electron chi connectivity index (χ1n) is 10.5. The normalized spacial score (nSPS) is 16.5. The monoisotopic (exact) mass is 479 g/mol. The van der Waals surface area contributed by atoms with Crippen LogP contribution in [-0.4, -0.2) is 78.8 Å². The molecule has 0 spiro atoms. The average Bonchev–Trinajstić information content (AvgIpc) is 2.80. The second-order valence-corrected chi connectivity index (χ2v) is 8.41. The van der Waals surface area contributed by atoms with E-state index in [4.69, 9.17) is 27.9 Å². The van der Waals surface area contributed by atoms with E-state index in [0.717, 1.165) is 12.1 Å². The van der Waals surface area contributed by atoms with Gasteiger partial charge in [-0.1, -0.05) is 47.5 Å².